The van der Waals surface area contributed by atoms with Crippen molar-refractivity contribution in [3.63, 3.8) is 0 Å². The van der Waals surface area contributed by atoms with Gasteiger partial charge in [0.1, 0.15) is 0 Å². The molecule has 0 aliphatic carbocycles. The number of likely N-dealkylation sites (N-methyl/N-ethyl adjacent to an activating group) is 1. The Kier molecular flexibility index (Phi) is 4.56. The van der Waals surface area contributed by atoms with Gasteiger partial charge in [-0.2, -0.15) is 0 Å². The van der Waals surface area contributed by atoms with Gasteiger partial charge in [-0.25, -0.2) is 0 Å². The van der Waals surface area contributed by atoms with E-state index in [1.54, 1.807) is 0 Å². The highest BCUT2D eigenvalue weighted by Gasteiger charge is 2.33. The maximum Gasteiger partial charge on any atom is 0.0156 e. The van der Waals surface area contributed by atoms with Crippen LogP contribution in [0.5, 0.6) is 0 Å². The minimum atomic E-state index is 0.332. The first-order valence-electron chi connectivity index (χ1n) is 6.05. The zero-order chi connectivity index (χ0) is 11.5. The van der Waals surface area contributed by atoms with E-state index >= 15 is 0 Å². The predicted octanol–water partition coefficient (Wildman–Crippen LogP) is 0.997. The molecule has 1 unspecified atom stereocenters. The van der Waals surface area contributed by atoms with Gasteiger partial charge in [0.25, 0.3) is 0 Å². The van der Waals surface area contributed by atoms with Crippen LogP contribution in [0.3, 0.4) is 0 Å². The summed E-state index contributed by atoms with van der Waals surface area (Å²) in [7, 11) is 4.28. The molecule has 1 aliphatic heterocycles. The van der Waals surface area contributed by atoms with Crippen LogP contribution in [0, 0.1) is 5.92 Å². The molecule has 0 aromatic rings. The van der Waals surface area contributed by atoms with Gasteiger partial charge in [0.15, 0.2) is 0 Å². The van der Waals surface area contributed by atoms with E-state index in [0.717, 1.165) is 19.0 Å². The molecule has 0 aromatic carbocycles. The van der Waals surface area contributed by atoms with E-state index < -0.39 is 0 Å². The Hall–Kier alpha value is -0.120. The first-order chi connectivity index (χ1) is 6.95. The van der Waals surface area contributed by atoms with Crippen molar-refractivity contribution in [2.45, 2.75) is 32.2 Å². The molecule has 1 rings (SSSR count). The third kappa shape index (κ3) is 3.74. The average molecular weight is 213 g/mol. The Morgan fingerprint density at radius 3 is 2.53 bits per heavy atom. The van der Waals surface area contributed by atoms with Crippen LogP contribution in [0.4, 0.5) is 0 Å². The fourth-order valence-electron chi connectivity index (χ4n) is 2.52. The molecule has 3 heteroatoms. The fraction of sp³-hybridized carbons (Fsp3) is 1.00. The van der Waals surface area contributed by atoms with Gasteiger partial charge in [-0.1, -0.05) is 0 Å². The van der Waals surface area contributed by atoms with E-state index in [1.807, 2.05) is 0 Å². The second-order valence-corrected chi connectivity index (χ2v) is 5.70. The molecule has 1 saturated heterocycles. The monoisotopic (exact) mass is 213 g/mol. The lowest BCUT2D eigenvalue weighted by Gasteiger charge is -2.46. The molecule has 2 N–H and O–H groups in total. The lowest BCUT2D eigenvalue weighted by Crippen LogP contribution is -2.52. The second kappa shape index (κ2) is 5.28. The quantitative estimate of drug-likeness (QED) is 0.756. The zero-order valence-corrected chi connectivity index (χ0v) is 10.8. The highest BCUT2D eigenvalue weighted by Crippen LogP contribution is 2.30. The SMILES string of the molecule is CN(C)CCN1CCC(CN)CC1(C)C. The summed E-state index contributed by atoms with van der Waals surface area (Å²) in [6, 6.07) is 0. The number of hydrogen-bond donors (Lipinski definition) is 1. The molecule has 1 atom stereocenters. The van der Waals surface area contributed by atoms with Gasteiger partial charge in [-0.3, -0.25) is 4.90 Å². The van der Waals surface area contributed by atoms with Crippen molar-refractivity contribution in [1.82, 2.24) is 9.80 Å². The van der Waals surface area contributed by atoms with Crippen molar-refractivity contribution in [1.29, 1.82) is 0 Å². The minimum Gasteiger partial charge on any atom is -0.330 e. The summed E-state index contributed by atoms with van der Waals surface area (Å²) in [4.78, 5) is 4.87. The predicted molar refractivity (Wildman–Crippen MR) is 66.0 cm³/mol. The number of nitrogens with two attached hydrogens (primary N) is 1. The van der Waals surface area contributed by atoms with Crippen molar-refractivity contribution < 1.29 is 0 Å². The van der Waals surface area contributed by atoms with Gasteiger partial charge in [0, 0.05) is 18.6 Å². The molecule has 90 valence electrons. The van der Waals surface area contributed by atoms with Crippen LogP contribution in [0.25, 0.3) is 0 Å². The van der Waals surface area contributed by atoms with E-state index in [2.05, 4.69) is 37.7 Å². The molecule has 0 saturated carbocycles. The summed E-state index contributed by atoms with van der Waals surface area (Å²) < 4.78 is 0. The largest absolute Gasteiger partial charge is 0.330 e. The average Bonchev–Trinajstić information content (AvgIpc) is 2.14. The Bertz CT molecular complexity index is 189. The third-order valence-corrected chi connectivity index (χ3v) is 3.60. The number of likely N-dealkylation sites (tertiary alicyclic amines) is 1. The van der Waals surface area contributed by atoms with Crippen LogP contribution in [-0.2, 0) is 0 Å². The standard InChI is InChI=1S/C12H27N3/c1-12(2)9-11(10-13)5-6-15(12)8-7-14(3)4/h11H,5-10,13H2,1-4H3. The molecular weight excluding hydrogens is 186 g/mol. The molecule has 0 bridgehead atoms. The molecular formula is C12H27N3. The Balaban J connectivity index is 2.45. The molecule has 0 spiro atoms. The fourth-order valence-corrected chi connectivity index (χ4v) is 2.52. The van der Waals surface area contributed by atoms with Gasteiger partial charge >= 0.3 is 0 Å². The first kappa shape index (κ1) is 12.9. The molecule has 1 fully saturated rings. The lowest BCUT2D eigenvalue weighted by molar-refractivity contribution is 0.0439. The van der Waals surface area contributed by atoms with E-state index in [1.165, 1.54) is 25.9 Å². The highest BCUT2D eigenvalue weighted by atomic mass is 15.2. The molecule has 0 aromatic heterocycles. The number of hydrogen-bond acceptors (Lipinski definition) is 3. The van der Waals surface area contributed by atoms with Crippen molar-refractivity contribution in [2.75, 3.05) is 40.3 Å². The number of piperidine rings is 1. The van der Waals surface area contributed by atoms with Crippen molar-refractivity contribution in [3.05, 3.63) is 0 Å². The van der Waals surface area contributed by atoms with Crippen LogP contribution in [0.2, 0.25) is 0 Å². The minimum absolute atomic E-state index is 0.332. The summed E-state index contributed by atoms with van der Waals surface area (Å²) in [6.07, 6.45) is 2.52. The first-order valence-corrected chi connectivity index (χ1v) is 6.05. The maximum absolute atomic E-state index is 5.77. The zero-order valence-electron chi connectivity index (χ0n) is 10.8. The van der Waals surface area contributed by atoms with Crippen molar-refractivity contribution in [2.24, 2.45) is 11.7 Å². The summed E-state index contributed by atoms with van der Waals surface area (Å²) >= 11 is 0. The van der Waals surface area contributed by atoms with Crippen LogP contribution in [0.15, 0.2) is 0 Å². The van der Waals surface area contributed by atoms with E-state index in [4.69, 9.17) is 5.73 Å². The summed E-state index contributed by atoms with van der Waals surface area (Å²) in [6.45, 7) is 9.09. The van der Waals surface area contributed by atoms with Gasteiger partial charge in [-0.15, -0.1) is 0 Å². The molecule has 1 aliphatic rings. The maximum atomic E-state index is 5.77. The van der Waals surface area contributed by atoms with E-state index in [0.29, 0.717) is 5.54 Å². The molecule has 0 radical (unpaired) electrons. The second-order valence-electron chi connectivity index (χ2n) is 5.70. The van der Waals surface area contributed by atoms with Crippen LogP contribution in [0.1, 0.15) is 26.7 Å². The van der Waals surface area contributed by atoms with Gasteiger partial charge in [0.2, 0.25) is 0 Å². The number of rotatable bonds is 4. The smallest absolute Gasteiger partial charge is 0.0156 e. The summed E-state index contributed by atoms with van der Waals surface area (Å²) in [5, 5.41) is 0. The molecule has 1 heterocycles. The van der Waals surface area contributed by atoms with Gasteiger partial charge < -0.3 is 10.6 Å². The van der Waals surface area contributed by atoms with Crippen LogP contribution >= 0.6 is 0 Å². The van der Waals surface area contributed by atoms with Crippen molar-refractivity contribution >= 4 is 0 Å². The number of nitrogens with zero attached hydrogens (tertiary/aromatic N) is 2. The Morgan fingerprint density at radius 2 is 2.07 bits per heavy atom. The van der Waals surface area contributed by atoms with Crippen LogP contribution < -0.4 is 5.73 Å². The topological polar surface area (TPSA) is 32.5 Å². The van der Waals surface area contributed by atoms with Gasteiger partial charge in [-0.05, 0) is 59.8 Å². The van der Waals surface area contributed by atoms with Gasteiger partial charge in [0.05, 0.1) is 0 Å². The third-order valence-electron chi connectivity index (χ3n) is 3.60. The summed E-state index contributed by atoms with van der Waals surface area (Å²) in [5.74, 6) is 0.732. The molecule has 15 heavy (non-hydrogen) atoms. The molecule has 3 nitrogen and oxygen atoms in total. The molecule has 0 amide bonds. The normalized spacial score (nSPS) is 27.2. The van der Waals surface area contributed by atoms with E-state index in [9.17, 15) is 0 Å². The van der Waals surface area contributed by atoms with E-state index in [-0.39, 0.29) is 0 Å². The summed E-state index contributed by atoms with van der Waals surface area (Å²) in [5.41, 5.74) is 6.10. The van der Waals surface area contributed by atoms with Crippen LogP contribution in [-0.4, -0.2) is 55.6 Å². The van der Waals surface area contributed by atoms with Crippen molar-refractivity contribution in [3.8, 4) is 0 Å². The Morgan fingerprint density at radius 1 is 1.40 bits per heavy atom. The highest BCUT2D eigenvalue weighted by molar-refractivity contribution is 4.89. The Labute approximate surface area is 94.6 Å². The lowest BCUT2D eigenvalue weighted by atomic mass is 9.83.